The first-order valence-corrected chi connectivity index (χ1v) is 6.94. The van der Waals surface area contributed by atoms with Crippen LogP contribution in [0.1, 0.15) is 19.5 Å². The molecule has 0 fully saturated rings. The zero-order chi connectivity index (χ0) is 14.8. The molecule has 21 heavy (non-hydrogen) atoms. The van der Waals surface area contributed by atoms with Crippen LogP contribution < -0.4 is 10.9 Å². The van der Waals surface area contributed by atoms with Gasteiger partial charge in [-0.2, -0.15) is 0 Å². The zero-order valence-corrected chi connectivity index (χ0v) is 12.0. The molecule has 5 heteroatoms. The van der Waals surface area contributed by atoms with Crippen LogP contribution in [0.25, 0.3) is 22.4 Å². The molecule has 108 valence electrons. The Morgan fingerprint density at radius 1 is 1.33 bits per heavy atom. The van der Waals surface area contributed by atoms with Crippen LogP contribution in [-0.2, 0) is 6.54 Å². The standard InChI is InChI=1S/C16H17N3O2/c1-10(2)17-8-11-7-15(20)19-16(18-11)13-9-21-14-6-4-3-5-12(13)14/h3-7,9-10,17H,8H2,1-2H3,(H,18,19,20). The number of benzene rings is 1. The molecular weight excluding hydrogens is 266 g/mol. The van der Waals surface area contributed by atoms with Crippen molar-refractivity contribution in [1.29, 1.82) is 0 Å². The van der Waals surface area contributed by atoms with Gasteiger partial charge in [0.2, 0.25) is 0 Å². The monoisotopic (exact) mass is 283 g/mol. The Morgan fingerprint density at radius 2 is 2.14 bits per heavy atom. The first kappa shape index (κ1) is 13.6. The Labute approximate surface area is 122 Å². The van der Waals surface area contributed by atoms with E-state index in [1.54, 1.807) is 6.26 Å². The van der Waals surface area contributed by atoms with Crippen LogP contribution in [0.15, 0.2) is 45.8 Å². The Hall–Kier alpha value is -2.40. The van der Waals surface area contributed by atoms with Crippen molar-refractivity contribution >= 4 is 11.0 Å². The van der Waals surface area contributed by atoms with E-state index in [0.29, 0.717) is 24.1 Å². The predicted octanol–water partition coefficient (Wildman–Crippen LogP) is 2.68. The lowest BCUT2D eigenvalue weighted by Gasteiger charge is -2.08. The molecule has 5 nitrogen and oxygen atoms in total. The van der Waals surface area contributed by atoms with Gasteiger partial charge < -0.3 is 14.7 Å². The minimum Gasteiger partial charge on any atom is -0.464 e. The third-order valence-corrected chi connectivity index (χ3v) is 3.22. The molecule has 0 atom stereocenters. The van der Waals surface area contributed by atoms with E-state index in [1.807, 2.05) is 24.3 Å². The molecule has 3 rings (SSSR count). The molecule has 2 N–H and O–H groups in total. The second kappa shape index (κ2) is 5.54. The van der Waals surface area contributed by atoms with Gasteiger partial charge in [0, 0.05) is 24.0 Å². The normalized spacial score (nSPS) is 11.4. The van der Waals surface area contributed by atoms with Crippen molar-refractivity contribution in [3.8, 4) is 11.4 Å². The van der Waals surface area contributed by atoms with Gasteiger partial charge in [0.25, 0.3) is 5.56 Å². The minimum absolute atomic E-state index is 0.161. The van der Waals surface area contributed by atoms with E-state index in [-0.39, 0.29) is 5.56 Å². The third-order valence-electron chi connectivity index (χ3n) is 3.22. The van der Waals surface area contributed by atoms with E-state index < -0.39 is 0 Å². The molecule has 3 aromatic rings. The SMILES string of the molecule is CC(C)NCc1cc(=O)[nH]c(-c2coc3ccccc23)n1. The van der Waals surface area contributed by atoms with Crippen LogP contribution in [0.5, 0.6) is 0 Å². The number of aromatic amines is 1. The highest BCUT2D eigenvalue weighted by molar-refractivity contribution is 5.91. The van der Waals surface area contributed by atoms with E-state index in [2.05, 4.69) is 29.1 Å². The fourth-order valence-electron chi connectivity index (χ4n) is 2.20. The molecule has 0 unspecified atom stereocenters. The van der Waals surface area contributed by atoms with Crippen LogP contribution in [0, 0.1) is 0 Å². The summed E-state index contributed by atoms with van der Waals surface area (Å²) in [6, 6.07) is 9.54. The number of furan rings is 1. The summed E-state index contributed by atoms with van der Waals surface area (Å²) in [7, 11) is 0. The Bertz CT molecular complexity index is 818. The van der Waals surface area contributed by atoms with Gasteiger partial charge in [0.1, 0.15) is 17.7 Å². The van der Waals surface area contributed by atoms with Gasteiger partial charge in [-0.25, -0.2) is 4.98 Å². The van der Waals surface area contributed by atoms with Crippen molar-refractivity contribution in [2.45, 2.75) is 26.4 Å². The van der Waals surface area contributed by atoms with Gasteiger partial charge in [0.05, 0.1) is 11.3 Å². The van der Waals surface area contributed by atoms with Crippen LogP contribution in [-0.4, -0.2) is 16.0 Å². The Balaban J connectivity index is 2.04. The Kier molecular flexibility index (Phi) is 3.58. The van der Waals surface area contributed by atoms with Gasteiger partial charge in [-0.1, -0.05) is 32.0 Å². The summed E-state index contributed by atoms with van der Waals surface area (Å²) in [4.78, 5) is 19.1. The van der Waals surface area contributed by atoms with E-state index in [0.717, 1.165) is 16.5 Å². The summed E-state index contributed by atoms with van der Waals surface area (Å²) in [6.07, 6.45) is 1.63. The lowest BCUT2D eigenvalue weighted by atomic mass is 10.1. The van der Waals surface area contributed by atoms with E-state index in [4.69, 9.17) is 4.42 Å². The summed E-state index contributed by atoms with van der Waals surface area (Å²) >= 11 is 0. The topological polar surface area (TPSA) is 70.9 Å². The number of para-hydroxylation sites is 1. The molecule has 1 aromatic carbocycles. The highest BCUT2D eigenvalue weighted by Crippen LogP contribution is 2.27. The second-order valence-electron chi connectivity index (χ2n) is 5.27. The first-order chi connectivity index (χ1) is 10.1. The van der Waals surface area contributed by atoms with Crippen molar-refractivity contribution < 1.29 is 4.42 Å². The molecule has 0 aliphatic heterocycles. The number of rotatable bonds is 4. The smallest absolute Gasteiger partial charge is 0.251 e. The number of H-pyrrole nitrogens is 1. The second-order valence-corrected chi connectivity index (χ2v) is 5.27. The molecule has 0 spiro atoms. The minimum atomic E-state index is -0.161. The van der Waals surface area contributed by atoms with E-state index in [1.165, 1.54) is 6.07 Å². The fraction of sp³-hybridized carbons (Fsp3) is 0.250. The van der Waals surface area contributed by atoms with Crippen LogP contribution in [0.4, 0.5) is 0 Å². The van der Waals surface area contributed by atoms with Gasteiger partial charge in [0.15, 0.2) is 0 Å². The largest absolute Gasteiger partial charge is 0.464 e. The van der Waals surface area contributed by atoms with Crippen LogP contribution >= 0.6 is 0 Å². The quantitative estimate of drug-likeness (QED) is 0.772. The van der Waals surface area contributed by atoms with Gasteiger partial charge in [-0.15, -0.1) is 0 Å². The van der Waals surface area contributed by atoms with Gasteiger partial charge in [-0.3, -0.25) is 4.79 Å². The summed E-state index contributed by atoms with van der Waals surface area (Å²) in [5.41, 5.74) is 2.13. The molecular formula is C16H17N3O2. The number of nitrogens with one attached hydrogen (secondary N) is 2. The molecule has 0 bridgehead atoms. The highest BCUT2D eigenvalue weighted by atomic mass is 16.3. The summed E-state index contributed by atoms with van der Waals surface area (Å²) < 4.78 is 5.50. The number of nitrogens with zero attached hydrogens (tertiary/aromatic N) is 1. The van der Waals surface area contributed by atoms with Gasteiger partial charge in [-0.05, 0) is 6.07 Å². The number of hydrogen-bond acceptors (Lipinski definition) is 4. The van der Waals surface area contributed by atoms with Crippen molar-refractivity contribution in [3.05, 3.63) is 52.6 Å². The lowest BCUT2D eigenvalue weighted by molar-refractivity contribution is 0.580. The van der Waals surface area contributed by atoms with Crippen molar-refractivity contribution in [1.82, 2.24) is 15.3 Å². The average molecular weight is 283 g/mol. The number of hydrogen-bond donors (Lipinski definition) is 2. The molecule has 0 saturated heterocycles. The maximum atomic E-state index is 11.8. The summed E-state index contributed by atoms with van der Waals surface area (Å²) in [6.45, 7) is 4.67. The van der Waals surface area contributed by atoms with Crippen LogP contribution in [0.3, 0.4) is 0 Å². The third kappa shape index (κ3) is 2.87. The van der Waals surface area contributed by atoms with E-state index in [9.17, 15) is 4.79 Å². The fourth-order valence-corrected chi connectivity index (χ4v) is 2.20. The summed E-state index contributed by atoms with van der Waals surface area (Å²) in [5.74, 6) is 0.535. The van der Waals surface area contributed by atoms with Gasteiger partial charge >= 0.3 is 0 Å². The molecule has 2 aromatic heterocycles. The number of fused-ring (bicyclic) bond motifs is 1. The Morgan fingerprint density at radius 3 is 2.95 bits per heavy atom. The van der Waals surface area contributed by atoms with Crippen molar-refractivity contribution in [3.63, 3.8) is 0 Å². The maximum absolute atomic E-state index is 11.8. The number of aromatic nitrogens is 2. The molecule has 0 aliphatic carbocycles. The van der Waals surface area contributed by atoms with E-state index >= 15 is 0 Å². The van der Waals surface area contributed by atoms with Crippen LogP contribution in [0.2, 0.25) is 0 Å². The lowest BCUT2D eigenvalue weighted by Crippen LogP contribution is -2.24. The molecule has 0 radical (unpaired) electrons. The molecule has 0 saturated carbocycles. The molecule has 2 heterocycles. The summed E-state index contributed by atoms with van der Waals surface area (Å²) in [5, 5.41) is 4.20. The van der Waals surface area contributed by atoms with Crippen molar-refractivity contribution in [2.24, 2.45) is 0 Å². The highest BCUT2D eigenvalue weighted by Gasteiger charge is 2.11. The predicted molar refractivity (Wildman–Crippen MR) is 82.0 cm³/mol. The first-order valence-electron chi connectivity index (χ1n) is 6.94. The maximum Gasteiger partial charge on any atom is 0.251 e. The molecule has 0 aliphatic rings. The average Bonchev–Trinajstić information content (AvgIpc) is 2.88. The van der Waals surface area contributed by atoms with Crippen molar-refractivity contribution in [2.75, 3.05) is 0 Å². The zero-order valence-electron chi connectivity index (χ0n) is 12.0. The molecule has 0 amide bonds.